The molecule has 0 saturated carbocycles. The molecule has 70 valence electrons. The predicted octanol–water partition coefficient (Wildman–Crippen LogP) is 1.99. The standard InChI is InChI=1S/C8H9ClN2OS/c9-7-5-6(1-3-10-7)11-8(12)2-4-13/h1,3,5,13H,2,4H2,(H,10,11,12). The first-order valence-corrected chi connectivity index (χ1v) is 4.75. The number of pyridine rings is 1. The molecule has 0 aliphatic heterocycles. The Balaban J connectivity index is 2.58. The van der Waals surface area contributed by atoms with E-state index in [1.165, 1.54) is 0 Å². The van der Waals surface area contributed by atoms with Crippen LogP contribution in [0.3, 0.4) is 0 Å². The van der Waals surface area contributed by atoms with E-state index in [0.29, 0.717) is 23.0 Å². The van der Waals surface area contributed by atoms with Crippen LogP contribution in [0.4, 0.5) is 5.69 Å². The Morgan fingerprint density at radius 2 is 2.46 bits per heavy atom. The maximum atomic E-state index is 11.1. The molecule has 0 unspecified atom stereocenters. The van der Waals surface area contributed by atoms with E-state index >= 15 is 0 Å². The molecular formula is C8H9ClN2OS. The van der Waals surface area contributed by atoms with E-state index < -0.39 is 0 Å². The number of nitrogens with zero attached hydrogens (tertiary/aromatic N) is 1. The van der Waals surface area contributed by atoms with Crippen LogP contribution in [-0.4, -0.2) is 16.6 Å². The fraction of sp³-hybridized carbons (Fsp3) is 0.250. The number of nitrogens with one attached hydrogen (secondary N) is 1. The second-order valence-corrected chi connectivity index (χ2v) is 3.22. The third kappa shape index (κ3) is 3.65. The summed E-state index contributed by atoms with van der Waals surface area (Å²) in [6.45, 7) is 0. The molecule has 1 rings (SSSR count). The van der Waals surface area contributed by atoms with Crippen molar-refractivity contribution in [1.29, 1.82) is 0 Å². The third-order valence-electron chi connectivity index (χ3n) is 1.35. The molecule has 5 heteroatoms. The fourth-order valence-corrected chi connectivity index (χ4v) is 1.18. The summed E-state index contributed by atoms with van der Waals surface area (Å²) in [5, 5.41) is 3.04. The maximum Gasteiger partial charge on any atom is 0.225 e. The number of anilines is 1. The highest BCUT2D eigenvalue weighted by molar-refractivity contribution is 7.80. The van der Waals surface area contributed by atoms with Crippen molar-refractivity contribution in [3.8, 4) is 0 Å². The number of carbonyl (C=O) groups is 1. The lowest BCUT2D eigenvalue weighted by atomic mass is 10.4. The van der Waals surface area contributed by atoms with Crippen LogP contribution in [0.2, 0.25) is 5.15 Å². The zero-order chi connectivity index (χ0) is 9.68. The van der Waals surface area contributed by atoms with Gasteiger partial charge >= 0.3 is 0 Å². The molecule has 1 aromatic rings. The smallest absolute Gasteiger partial charge is 0.225 e. The van der Waals surface area contributed by atoms with E-state index in [0.717, 1.165) is 0 Å². The number of rotatable bonds is 3. The van der Waals surface area contributed by atoms with Crippen LogP contribution < -0.4 is 5.32 Å². The summed E-state index contributed by atoms with van der Waals surface area (Å²) < 4.78 is 0. The number of amides is 1. The van der Waals surface area contributed by atoms with Gasteiger partial charge in [0, 0.05) is 18.3 Å². The number of halogens is 1. The Kier molecular flexibility index (Phi) is 4.05. The monoisotopic (exact) mass is 216 g/mol. The average Bonchev–Trinajstić information content (AvgIpc) is 2.04. The molecule has 0 aliphatic rings. The number of hydrogen-bond donors (Lipinski definition) is 2. The molecule has 0 aromatic carbocycles. The SMILES string of the molecule is O=C(CCS)Nc1ccnc(Cl)c1. The van der Waals surface area contributed by atoms with E-state index in [9.17, 15) is 4.79 Å². The van der Waals surface area contributed by atoms with Crippen LogP contribution in [0, 0.1) is 0 Å². The fourth-order valence-electron chi connectivity index (χ4n) is 0.805. The van der Waals surface area contributed by atoms with Gasteiger partial charge in [-0.15, -0.1) is 0 Å². The highest BCUT2D eigenvalue weighted by atomic mass is 35.5. The molecule has 0 bridgehead atoms. The van der Waals surface area contributed by atoms with Gasteiger partial charge in [0.05, 0.1) is 0 Å². The summed E-state index contributed by atoms with van der Waals surface area (Å²) >= 11 is 9.58. The lowest BCUT2D eigenvalue weighted by Gasteiger charge is -2.02. The van der Waals surface area contributed by atoms with Crippen LogP contribution in [-0.2, 0) is 4.79 Å². The summed E-state index contributed by atoms with van der Waals surface area (Å²) in [6.07, 6.45) is 1.93. The Bertz CT molecular complexity index is 306. The van der Waals surface area contributed by atoms with Crippen LogP contribution in [0.15, 0.2) is 18.3 Å². The molecule has 0 aliphatic carbocycles. The molecule has 0 saturated heterocycles. The van der Waals surface area contributed by atoms with Gasteiger partial charge in [-0.1, -0.05) is 11.6 Å². The first-order chi connectivity index (χ1) is 6.22. The Labute approximate surface area is 86.9 Å². The second kappa shape index (κ2) is 5.09. The Morgan fingerprint density at radius 1 is 1.69 bits per heavy atom. The van der Waals surface area contributed by atoms with Gasteiger partial charge in [-0.05, 0) is 17.9 Å². The third-order valence-corrected chi connectivity index (χ3v) is 1.78. The molecule has 0 spiro atoms. The summed E-state index contributed by atoms with van der Waals surface area (Å²) in [7, 11) is 0. The zero-order valence-electron chi connectivity index (χ0n) is 6.83. The number of thiol groups is 1. The topological polar surface area (TPSA) is 42.0 Å². The Morgan fingerprint density at radius 3 is 3.08 bits per heavy atom. The van der Waals surface area contributed by atoms with Gasteiger partial charge in [-0.3, -0.25) is 4.79 Å². The van der Waals surface area contributed by atoms with E-state index in [1.54, 1.807) is 18.3 Å². The molecule has 1 aromatic heterocycles. The van der Waals surface area contributed by atoms with Crippen molar-refractivity contribution in [2.45, 2.75) is 6.42 Å². The minimum absolute atomic E-state index is 0.0720. The molecule has 3 nitrogen and oxygen atoms in total. The van der Waals surface area contributed by atoms with Gasteiger partial charge in [-0.25, -0.2) is 4.98 Å². The molecule has 1 heterocycles. The lowest BCUT2D eigenvalue weighted by molar-refractivity contribution is -0.115. The van der Waals surface area contributed by atoms with Gasteiger partial charge in [-0.2, -0.15) is 12.6 Å². The minimum atomic E-state index is -0.0720. The molecular weight excluding hydrogens is 208 g/mol. The minimum Gasteiger partial charge on any atom is -0.326 e. The lowest BCUT2D eigenvalue weighted by Crippen LogP contribution is -2.11. The molecule has 0 radical (unpaired) electrons. The molecule has 1 amide bonds. The van der Waals surface area contributed by atoms with E-state index in [4.69, 9.17) is 11.6 Å². The van der Waals surface area contributed by atoms with Crippen molar-refractivity contribution < 1.29 is 4.79 Å². The van der Waals surface area contributed by atoms with Crippen molar-refractivity contribution in [3.63, 3.8) is 0 Å². The van der Waals surface area contributed by atoms with Gasteiger partial charge in [0.2, 0.25) is 5.91 Å². The van der Waals surface area contributed by atoms with Crippen molar-refractivity contribution >= 4 is 35.8 Å². The first-order valence-electron chi connectivity index (χ1n) is 3.74. The average molecular weight is 217 g/mol. The molecule has 0 atom stereocenters. The van der Waals surface area contributed by atoms with E-state index in [-0.39, 0.29) is 5.91 Å². The maximum absolute atomic E-state index is 11.1. The van der Waals surface area contributed by atoms with Crippen LogP contribution in [0.5, 0.6) is 0 Å². The van der Waals surface area contributed by atoms with Gasteiger partial charge in [0.15, 0.2) is 0 Å². The van der Waals surface area contributed by atoms with Gasteiger partial charge in [0.25, 0.3) is 0 Å². The van der Waals surface area contributed by atoms with E-state index in [2.05, 4.69) is 22.9 Å². The van der Waals surface area contributed by atoms with Crippen LogP contribution in [0.1, 0.15) is 6.42 Å². The van der Waals surface area contributed by atoms with Crippen LogP contribution >= 0.6 is 24.2 Å². The second-order valence-electron chi connectivity index (χ2n) is 2.39. The molecule has 13 heavy (non-hydrogen) atoms. The van der Waals surface area contributed by atoms with Crippen molar-refractivity contribution in [2.75, 3.05) is 11.1 Å². The highest BCUT2D eigenvalue weighted by Gasteiger charge is 2.00. The number of hydrogen-bond acceptors (Lipinski definition) is 3. The van der Waals surface area contributed by atoms with E-state index in [1.807, 2.05) is 0 Å². The summed E-state index contributed by atoms with van der Waals surface area (Å²) in [6, 6.07) is 3.28. The molecule has 1 N–H and O–H groups in total. The van der Waals surface area contributed by atoms with Crippen molar-refractivity contribution in [3.05, 3.63) is 23.5 Å². The van der Waals surface area contributed by atoms with Gasteiger partial charge < -0.3 is 5.32 Å². The highest BCUT2D eigenvalue weighted by Crippen LogP contribution is 2.11. The first kappa shape index (κ1) is 10.3. The summed E-state index contributed by atoms with van der Waals surface area (Å²) in [4.78, 5) is 14.9. The largest absolute Gasteiger partial charge is 0.326 e. The number of carbonyl (C=O) groups excluding carboxylic acids is 1. The quantitative estimate of drug-likeness (QED) is 0.600. The predicted molar refractivity (Wildman–Crippen MR) is 56.3 cm³/mol. The summed E-state index contributed by atoms with van der Waals surface area (Å²) in [5.74, 6) is 0.460. The Hall–Kier alpha value is -0.740. The summed E-state index contributed by atoms with van der Waals surface area (Å²) in [5.41, 5.74) is 0.659. The van der Waals surface area contributed by atoms with Gasteiger partial charge in [0.1, 0.15) is 5.15 Å². The normalized spacial score (nSPS) is 9.69. The zero-order valence-corrected chi connectivity index (χ0v) is 8.48. The van der Waals surface area contributed by atoms with Crippen molar-refractivity contribution in [2.24, 2.45) is 0 Å². The van der Waals surface area contributed by atoms with Crippen LogP contribution in [0.25, 0.3) is 0 Å². The van der Waals surface area contributed by atoms with Crippen molar-refractivity contribution in [1.82, 2.24) is 4.98 Å². The molecule has 0 fully saturated rings. The number of aromatic nitrogens is 1.